The maximum Gasteiger partial charge on any atom is 0.281 e. The van der Waals surface area contributed by atoms with Crippen LogP contribution in [-0.2, 0) is 15.0 Å². The average molecular weight is 368 g/mol. The summed E-state index contributed by atoms with van der Waals surface area (Å²) in [7, 11) is -0.335. The number of benzene rings is 1. The van der Waals surface area contributed by atoms with Crippen LogP contribution in [0.25, 0.3) is 0 Å². The minimum absolute atomic E-state index is 0.00868. The summed E-state index contributed by atoms with van der Waals surface area (Å²) >= 11 is 0. The smallest absolute Gasteiger partial charge is 0.281 e. The van der Waals surface area contributed by atoms with E-state index >= 15 is 0 Å². The number of hydrogen-bond donors (Lipinski definition) is 1. The molecule has 0 spiro atoms. The lowest BCUT2D eigenvalue weighted by atomic mass is 9.95. The van der Waals surface area contributed by atoms with E-state index in [1.165, 1.54) is 33.8 Å². The molecule has 1 aliphatic heterocycles. The molecule has 140 valence electrons. The van der Waals surface area contributed by atoms with Gasteiger partial charge in [0.15, 0.2) is 0 Å². The molecule has 1 amide bonds. The second-order valence-electron chi connectivity index (χ2n) is 7.05. The highest BCUT2D eigenvalue weighted by atomic mass is 32.2. The van der Waals surface area contributed by atoms with Crippen molar-refractivity contribution in [2.24, 2.45) is 5.92 Å². The molecule has 1 fully saturated rings. The fourth-order valence-corrected chi connectivity index (χ4v) is 4.43. The van der Waals surface area contributed by atoms with Crippen molar-refractivity contribution in [3.63, 3.8) is 0 Å². The lowest BCUT2D eigenvalue weighted by molar-refractivity contribution is -0.126. The summed E-state index contributed by atoms with van der Waals surface area (Å²) in [6.07, 6.45) is 1.11. The van der Waals surface area contributed by atoms with Crippen molar-refractivity contribution in [2.45, 2.75) is 39.7 Å². The molecular weight excluding hydrogens is 338 g/mol. The molecule has 25 heavy (non-hydrogen) atoms. The van der Waals surface area contributed by atoms with Gasteiger partial charge in [-0.3, -0.25) is 4.79 Å². The first-order valence-corrected chi connectivity index (χ1v) is 10.1. The molecule has 6 nitrogen and oxygen atoms in total. The lowest BCUT2D eigenvalue weighted by Crippen LogP contribution is -2.47. The van der Waals surface area contributed by atoms with Gasteiger partial charge >= 0.3 is 0 Å². The number of amides is 1. The van der Waals surface area contributed by atoms with Crippen LogP contribution in [0.4, 0.5) is 0 Å². The fraction of sp³-hybridized carbons (Fsp3) is 0.611. The monoisotopic (exact) mass is 367 g/mol. The van der Waals surface area contributed by atoms with Crippen LogP contribution in [0.5, 0.6) is 0 Å². The van der Waals surface area contributed by atoms with Crippen molar-refractivity contribution in [3.8, 4) is 0 Å². The number of hydrogen-bond acceptors (Lipinski definition) is 3. The van der Waals surface area contributed by atoms with Crippen LogP contribution in [0, 0.1) is 19.8 Å². The van der Waals surface area contributed by atoms with Gasteiger partial charge < -0.3 is 5.32 Å². The molecule has 1 aromatic rings. The number of piperidine rings is 1. The molecule has 0 bridgehead atoms. The van der Waals surface area contributed by atoms with Gasteiger partial charge in [-0.15, -0.1) is 0 Å². The summed E-state index contributed by atoms with van der Waals surface area (Å²) in [5.74, 6) is -0.129. The van der Waals surface area contributed by atoms with Crippen LogP contribution in [0.3, 0.4) is 0 Å². The Labute approximate surface area is 151 Å². The zero-order chi connectivity index (χ0) is 18.8. The predicted octanol–water partition coefficient (Wildman–Crippen LogP) is 2.00. The number of nitrogens with zero attached hydrogens (tertiary/aromatic N) is 2. The maximum absolute atomic E-state index is 12.6. The van der Waals surface area contributed by atoms with Gasteiger partial charge in [-0.2, -0.15) is 17.0 Å². The number of nitrogens with one attached hydrogen (secondary N) is 1. The van der Waals surface area contributed by atoms with E-state index in [1.54, 1.807) is 0 Å². The highest BCUT2D eigenvalue weighted by Gasteiger charge is 2.32. The second kappa shape index (κ2) is 7.85. The first-order valence-electron chi connectivity index (χ1n) is 8.68. The molecule has 1 aromatic carbocycles. The van der Waals surface area contributed by atoms with E-state index in [4.69, 9.17) is 0 Å². The summed E-state index contributed by atoms with van der Waals surface area (Å²) in [6.45, 7) is 6.86. The third-order valence-corrected chi connectivity index (χ3v) is 6.80. The lowest BCUT2D eigenvalue weighted by Gasteiger charge is -2.32. The summed E-state index contributed by atoms with van der Waals surface area (Å²) in [5, 5.41) is 3.09. The zero-order valence-electron chi connectivity index (χ0n) is 15.7. The van der Waals surface area contributed by atoms with Crippen LogP contribution in [0.15, 0.2) is 18.2 Å². The number of rotatable bonds is 5. The van der Waals surface area contributed by atoms with Crippen molar-refractivity contribution < 1.29 is 13.2 Å². The maximum atomic E-state index is 12.6. The van der Waals surface area contributed by atoms with Crippen molar-refractivity contribution in [2.75, 3.05) is 27.2 Å². The molecule has 2 rings (SSSR count). The number of carbonyl (C=O) groups excluding carboxylic acids is 1. The molecule has 0 radical (unpaired) electrons. The first kappa shape index (κ1) is 19.9. The van der Waals surface area contributed by atoms with E-state index in [0.29, 0.717) is 25.9 Å². The summed E-state index contributed by atoms with van der Waals surface area (Å²) in [5.41, 5.74) is 3.49. The van der Waals surface area contributed by atoms with Crippen molar-refractivity contribution in [3.05, 3.63) is 34.9 Å². The van der Waals surface area contributed by atoms with Crippen molar-refractivity contribution in [1.82, 2.24) is 13.9 Å². The summed E-state index contributed by atoms with van der Waals surface area (Å²) in [6, 6.07) is 6.16. The first-order chi connectivity index (χ1) is 11.6. The molecule has 1 atom stereocenters. The standard InChI is InChI=1S/C18H29N3O3S/c1-13-6-7-17(14(2)12-13)15(3)19-18(22)16-8-10-21(11-9-16)25(23,24)20(4)5/h6-7,12,15-16H,8-11H2,1-5H3,(H,19,22)/t15-/m1/s1. The molecule has 1 aliphatic rings. The Bertz CT molecular complexity index is 723. The summed E-state index contributed by atoms with van der Waals surface area (Å²) in [4.78, 5) is 12.6. The summed E-state index contributed by atoms with van der Waals surface area (Å²) < 4.78 is 26.9. The molecule has 1 N–H and O–H groups in total. The normalized spacial score (nSPS) is 18.3. The third-order valence-electron chi connectivity index (χ3n) is 4.86. The zero-order valence-corrected chi connectivity index (χ0v) is 16.6. The van der Waals surface area contributed by atoms with Gasteiger partial charge in [0.1, 0.15) is 0 Å². The molecule has 0 unspecified atom stereocenters. The van der Waals surface area contributed by atoms with Crippen LogP contribution < -0.4 is 5.32 Å². The highest BCUT2D eigenvalue weighted by Crippen LogP contribution is 2.23. The van der Waals surface area contributed by atoms with Gasteiger partial charge in [0.25, 0.3) is 10.2 Å². The molecular formula is C18H29N3O3S. The van der Waals surface area contributed by atoms with Gasteiger partial charge in [0.05, 0.1) is 6.04 Å². The topological polar surface area (TPSA) is 69.7 Å². The Kier molecular flexibility index (Phi) is 6.24. The van der Waals surface area contributed by atoms with E-state index in [2.05, 4.69) is 37.4 Å². The van der Waals surface area contributed by atoms with Crippen LogP contribution in [0.2, 0.25) is 0 Å². The Hall–Kier alpha value is -1.44. The molecule has 0 aliphatic carbocycles. The van der Waals surface area contributed by atoms with Gasteiger partial charge in [0, 0.05) is 33.1 Å². The number of carbonyl (C=O) groups is 1. The molecule has 1 saturated heterocycles. The minimum atomic E-state index is -3.39. The second-order valence-corrected chi connectivity index (χ2v) is 9.20. The fourth-order valence-electron chi connectivity index (χ4n) is 3.30. The Morgan fingerprint density at radius 2 is 1.84 bits per heavy atom. The van der Waals surface area contributed by atoms with E-state index in [0.717, 1.165) is 5.56 Å². The van der Waals surface area contributed by atoms with Crippen LogP contribution in [0.1, 0.15) is 42.5 Å². The van der Waals surface area contributed by atoms with E-state index in [1.807, 2.05) is 6.92 Å². The quantitative estimate of drug-likeness (QED) is 0.865. The van der Waals surface area contributed by atoms with Crippen molar-refractivity contribution >= 4 is 16.1 Å². The highest BCUT2D eigenvalue weighted by molar-refractivity contribution is 7.86. The largest absolute Gasteiger partial charge is 0.349 e. The van der Waals surface area contributed by atoms with E-state index in [9.17, 15) is 13.2 Å². The van der Waals surface area contributed by atoms with E-state index in [-0.39, 0.29) is 17.9 Å². The molecule has 7 heteroatoms. The van der Waals surface area contributed by atoms with E-state index < -0.39 is 10.2 Å². The number of aryl methyl sites for hydroxylation is 2. The third kappa shape index (κ3) is 4.59. The SMILES string of the molecule is Cc1ccc([C@@H](C)NC(=O)C2CCN(S(=O)(=O)N(C)C)CC2)c(C)c1. The van der Waals surface area contributed by atoms with Gasteiger partial charge in [-0.1, -0.05) is 23.8 Å². The van der Waals surface area contributed by atoms with Gasteiger partial charge in [-0.25, -0.2) is 0 Å². The molecule has 0 saturated carbocycles. The average Bonchev–Trinajstić information content (AvgIpc) is 2.54. The molecule has 0 aromatic heterocycles. The van der Waals surface area contributed by atoms with Gasteiger partial charge in [0.2, 0.25) is 5.91 Å². The van der Waals surface area contributed by atoms with Gasteiger partial charge in [-0.05, 0) is 44.7 Å². The Morgan fingerprint density at radius 1 is 1.24 bits per heavy atom. The molecule has 1 heterocycles. The minimum Gasteiger partial charge on any atom is -0.349 e. The Balaban J connectivity index is 1.94. The predicted molar refractivity (Wildman–Crippen MR) is 99.4 cm³/mol. The van der Waals surface area contributed by atoms with Crippen molar-refractivity contribution in [1.29, 1.82) is 0 Å². The Morgan fingerprint density at radius 3 is 2.36 bits per heavy atom. The van der Waals surface area contributed by atoms with Crippen LogP contribution in [-0.4, -0.2) is 50.1 Å². The van der Waals surface area contributed by atoms with Crippen LogP contribution >= 0.6 is 0 Å².